The fourth-order valence-electron chi connectivity index (χ4n) is 2.11. The molecule has 19 heavy (non-hydrogen) atoms. The van der Waals surface area contributed by atoms with Gasteiger partial charge in [-0.2, -0.15) is 5.10 Å². The lowest BCUT2D eigenvalue weighted by molar-refractivity contribution is 0.498. The van der Waals surface area contributed by atoms with Gasteiger partial charge in [-0.3, -0.25) is 4.68 Å². The summed E-state index contributed by atoms with van der Waals surface area (Å²) < 4.78 is 3.97. The van der Waals surface area contributed by atoms with Gasteiger partial charge in [0.05, 0.1) is 22.4 Å². The van der Waals surface area contributed by atoms with Crippen molar-refractivity contribution in [1.29, 1.82) is 0 Å². The Balaban J connectivity index is 2.53. The Hall–Kier alpha value is -0.650. The van der Waals surface area contributed by atoms with Crippen LogP contribution in [0.5, 0.6) is 0 Å². The number of hydrogen-bond acceptors (Lipinski definition) is 2. The molecule has 102 valence electrons. The van der Waals surface area contributed by atoms with Gasteiger partial charge >= 0.3 is 0 Å². The van der Waals surface area contributed by atoms with Crippen LogP contribution in [0.1, 0.15) is 42.8 Å². The van der Waals surface area contributed by atoms with Crippen molar-refractivity contribution in [3.63, 3.8) is 0 Å². The van der Waals surface area contributed by atoms with Gasteiger partial charge in [0, 0.05) is 10.5 Å². The van der Waals surface area contributed by atoms with Gasteiger partial charge in [-0.15, -0.1) is 0 Å². The number of benzene rings is 1. The maximum atomic E-state index is 6.45. The zero-order valence-electron chi connectivity index (χ0n) is 11.2. The van der Waals surface area contributed by atoms with E-state index < -0.39 is 0 Å². The standard InChI is InChI=1S/C14H17Br2N3/c1-8(2)19-14(11(15)7-18-19)13(17)10-6-4-5-9(3)12(10)16/h4-8,13H,17H2,1-3H3. The molecule has 5 heteroatoms. The molecule has 0 fully saturated rings. The van der Waals surface area contributed by atoms with Crippen LogP contribution in [0.4, 0.5) is 0 Å². The summed E-state index contributed by atoms with van der Waals surface area (Å²) >= 11 is 7.18. The van der Waals surface area contributed by atoms with E-state index in [1.165, 1.54) is 5.56 Å². The topological polar surface area (TPSA) is 43.8 Å². The molecule has 1 atom stereocenters. The molecule has 1 unspecified atom stereocenters. The van der Waals surface area contributed by atoms with Crippen LogP contribution in [-0.4, -0.2) is 9.78 Å². The van der Waals surface area contributed by atoms with E-state index in [9.17, 15) is 0 Å². The molecule has 2 rings (SSSR count). The van der Waals surface area contributed by atoms with E-state index in [2.05, 4.69) is 63.8 Å². The molecular formula is C14H17Br2N3. The molecule has 1 aromatic carbocycles. The Kier molecular flexibility index (Phi) is 4.48. The maximum absolute atomic E-state index is 6.45. The third-order valence-corrected chi connectivity index (χ3v) is 4.82. The number of rotatable bonds is 3. The summed E-state index contributed by atoms with van der Waals surface area (Å²) in [5.74, 6) is 0. The second-order valence-electron chi connectivity index (χ2n) is 4.87. The zero-order valence-corrected chi connectivity index (χ0v) is 14.4. The predicted octanol–water partition coefficient (Wildman–Crippen LogP) is 4.35. The molecule has 1 aromatic heterocycles. The number of aryl methyl sites for hydroxylation is 1. The van der Waals surface area contributed by atoms with E-state index in [4.69, 9.17) is 5.73 Å². The normalized spacial score (nSPS) is 13.0. The van der Waals surface area contributed by atoms with Crippen molar-refractivity contribution >= 4 is 31.9 Å². The minimum atomic E-state index is -0.214. The van der Waals surface area contributed by atoms with Crippen LogP contribution < -0.4 is 5.73 Å². The molecule has 2 aromatic rings. The number of hydrogen-bond donors (Lipinski definition) is 1. The molecule has 1 heterocycles. The summed E-state index contributed by atoms with van der Waals surface area (Å²) in [6.45, 7) is 6.26. The van der Waals surface area contributed by atoms with Crippen LogP contribution in [0.2, 0.25) is 0 Å². The van der Waals surface area contributed by atoms with Crippen LogP contribution in [-0.2, 0) is 0 Å². The van der Waals surface area contributed by atoms with Crippen molar-refractivity contribution in [2.75, 3.05) is 0 Å². The first-order valence-corrected chi connectivity index (χ1v) is 7.75. The Morgan fingerprint density at radius 3 is 2.58 bits per heavy atom. The highest BCUT2D eigenvalue weighted by molar-refractivity contribution is 9.10. The minimum Gasteiger partial charge on any atom is -0.319 e. The van der Waals surface area contributed by atoms with Crippen molar-refractivity contribution in [3.05, 3.63) is 50.2 Å². The molecule has 0 saturated heterocycles. The van der Waals surface area contributed by atoms with E-state index in [1.54, 1.807) is 6.20 Å². The van der Waals surface area contributed by atoms with Gasteiger partial charge in [0.15, 0.2) is 0 Å². The fraction of sp³-hybridized carbons (Fsp3) is 0.357. The second kappa shape index (κ2) is 5.77. The molecule has 0 bridgehead atoms. The SMILES string of the molecule is Cc1cccc(C(N)c2c(Br)cnn2C(C)C)c1Br. The van der Waals surface area contributed by atoms with Crippen molar-refractivity contribution in [1.82, 2.24) is 9.78 Å². The summed E-state index contributed by atoms with van der Waals surface area (Å²) in [6.07, 6.45) is 1.80. The van der Waals surface area contributed by atoms with Gasteiger partial charge < -0.3 is 5.73 Å². The van der Waals surface area contributed by atoms with Crippen LogP contribution in [0.15, 0.2) is 33.3 Å². The van der Waals surface area contributed by atoms with Gasteiger partial charge in [0.25, 0.3) is 0 Å². The maximum Gasteiger partial charge on any atom is 0.0746 e. The highest BCUT2D eigenvalue weighted by Gasteiger charge is 2.21. The lowest BCUT2D eigenvalue weighted by Crippen LogP contribution is -2.19. The minimum absolute atomic E-state index is 0.214. The van der Waals surface area contributed by atoms with Crippen molar-refractivity contribution in [3.8, 4) is 0 Å². The number of aromatic nitrogens is 2. The van der Waals surface area contributed by atoms with Gasteiger partial charge in [0.1, 0.15) is 0 Å². The molecule has 0 spiro atoms. The van der Waals surface area contributed by atoms with Crippen LogP contribution in [0, 0.1) is 6.92 Å². The van der Waals surface area contributed by atoms with E-state index in [-0.39, 0.29) is 12.1 Å². The van der Waals surface area contributed by atoms with Crippen molar-refractivity contribution in [2.24, 2.45) is 5.73 Å². The Bertz CT molecular complexity index is 590. The highest BCUT2D eigenvalue weighted by atomic mass is 79.9. The second-order valence-corrected chi connectivity index (χ2v) is 6.52. The van der Waals surface area contributed by atoms with Crippen LogP contribution in [0.25, 0.3) is 0 Å². The van der Waals surface area contributed by atoms with Crippen molar-refractivity contribution in [2.45, 2.75) is 32.9 Å². The van der Waals surface area contributed by atoms with E-state index in [1.807, 2.05) is 16.8 Å². The lowest BCUT2D eigenvalue weighted by Gasteiger charge is -2.19. The predicted molar refractivity (Wildman–Crippen MR) is 85.2 cm³/mol. The lowest BCUT2D eigenvalue weighted by atomic mass is 10.0. The van der Waals surface area contributed by atoms with Gasteiger partial charge in [-0.25, -0.2) is 0 Å². The smallest absolute Gasteiger partial charge is 0.0746 e. The van der Waals surface area contributed by atoms with Crippen molar-refractivity contribution < 1.29 is 0 Å². The molecular weight excluding hydrogens is 370 g/mol. The van der Waals surface area contributed by atoms with Gasteiger partial charge in [0.2, 0.25) is 0 Å². The highest BCUT2D eigenvalue weighted by Crippen LogP contribution is 2.33. The molecule has 0 aliphatic carbocycles. The first-order valence-electron chi connectivity index (χ1n) is 6.17. The first kappa shape index (κ1) is 14.8. The molecule has 3 nitrogen and oxygen atoms in total. The molecule has 0 radical (unpaired) electrons. The summed E-state index contributed by atoms with van der Waals surface area (Å²) in [4.78, 5) is 0. The molecule has 0 amide bonds. The summed E-state index contributed by atoms with van der Waals surface area (Å²) in [5.41, 5.74) is 9.70. The third-order valence-electron chi connectivity index (χ3n) is 3.13. The summed E-state index contributed by atoms with van der Waals surface area (Å²) in [5, 5.41) is 4.39. The molecule has 0 aliphatic heterocycles. The average molecular weight is 387 g/mol. The third kappa shape index (κ3) is 2.78. The Morgan fingerprint density at radius 1 is 1.26 bits per heavy atom. The molecule has 0 saturated carbocycles. The summed E-state index contributed by atoms with van der Waals surface area (Å²) in [7, 11) is 0. The van der Waals surface area contributed by atoms with E-state index >= 15 is 0 Å². The quantitative estimate of drug-likeness (QED) is 0.852. The van der Waals surface area contributed by atoms with Crippen LogP contribution in [0.3, 0.4) is 0 Å². The molecule has 0 aliphatic rings. The fourth-order valence-corrected chi connectivity index (χ4v) is 3.14. The van der Waals surface area contributed by atoms with Crippen LogP contribution >= 0.6 is 31.9 Å². The largest absolute Gasteiger partial charge is 0.319 e. The monoisotopic (exact) mass is 385 g/mol. The number of nitrogens with two attached hydrogens (primary N) is 1. The summed E-state index contributed by atoms with van der Waals surface area (Å²) in [6, 6.07) is 6.20. The number of nitrogens with zero attached hydrogens (tertiary/aromatic N) is 2. The number of halogens is 2. The average Bonchev–Trinajstić information content (AvgIpc) is 2.74. The van der Waals surface area contributed by atoms with Gasteiger partial charge in [-0.1, -0.05) is 34.1 Å². The Labute approximate surface area is 130 Å². The Morgan fingerprint density at radius 2 is 1.95 bits per heavy atom. The van der Waals surface area contributed by atoms with E-state index in [0.29, 0.717) is 0 Å². The first-order chi connectivity index (χ1) is 8.93. The molecule has 2 N–H and O–H groups in total. The van der Waals surface area contributed by atoms with Gasteiger partial charge in [-0.05, 0) is 47.8 Å². The zero-order chi connectivity index (χ0) is 14.2. The van der Waals surface area contributed by atoms with E-state index in [0.717, 1.165) is 20.2 Å².